The van der Waals surface area contributed by atoms with Gasteiger partial charge in [0.25, 0.3) is 0 Å². The molecular weight excluding hydrogens is 142 g/mol. The number of hydrogen-bond donors (Lipinski definition) is 3. The molecule has 1 unspecified atom stereocenters. The summed E-state index contributed by atoms with van der Waals surface area (Å²) in [5.41, 5.74) is 6.56. The number of aromatic amines is 1. The Hall–Kier alpha value is -0.870. The molecular formula is C7H13N3O. The number of rotatable bonds is 3. The van der Waals surface area contributed by atoms with E-state index in [0.29, 0.717) is 5.82 Å². The smallest absolute Gasteiger partial charge is 0.125 e. The second-order valence-electron chi connectivity index (χ2n) is 2.44. The van der Waals surface area contributed by atoms with E-state index < -0.39 is 0 Å². The Bertz CT molecular complexity index is 221. The second kappa shape index (κ2) is 3.50. The number of aliphatic hydroxyl groups excluding tert-OH is 1. The van der Waals surface area contributed by atoms with E-state index in [1.165, 1.54) is 0 Å². The summed E-state index contributed by atoms with van der Waals surface area (Å²) >= 11 is 0. The molecule has 4 heteroatoms. The van der Waals surface area contributed by atoms with E-state index in [-0.39, 0.29) is 12.6 Å². The van der Waals surface area contributed by atoms with Crippen molar-refractivity contribution < 1.29 is 5.11 Å². The number of nitrogens with one attached hydrogen (secondary N) is 1. The van der Waals surface area contributed by atoms with Crippen molar-refractivity contribution in [2.24, 2.45) is 5.73 Å². The lowest BCUT2D eigenvalue weighted by atomic mass is 10.3. The van der Waals surface area contributed by atoms with Gasteiger partial charge in [0.05, 0.1) is 12.6 Å². The van der Waals surface area contributed by atoms with E-state index in [0.717, 1.165) is 12.1 Å². The number of aromatic nitrogens is 2. The number of hydrogen-bond acceptors (Lipinski definition) is 3. The number of nitrogens with two attached hydrogens (primary N) is 1. The summed E-state index contributed by atoms with van der Waals surface area (Å²) in [7, 11) is 0. The first kappa shape index (κ1) is 8.23. The first-order chi connectivity index (χ1) is 5.27. The van der Waals surface area contributed by atoms with Crippen LogP contribution in [0.2, 0.25) is 0 Å². The van der Waals surface area contributed by atoms with Gasteiger partial charge in [-0.15, -0.1) is 0 Å². The molecule has 1 rings (SSSR count). The quantitative estimate of drug-likeness (QED) is 0.573. The number of H-pyrrole nitrogens is 1. The maximum absolute atomic E-state index is 8.69. The van der Waals surface area contributed by atoms with Gasteiger partial charge < -0.3 is 15.8 Å². The van der Waals surface area contributed by atoms with Crippen molar-refractivity contribution in [3.63, 3.8) is 0 Å². The third-order valence-corrected chi connectivity index (χ3v) is 1.58. The Morgan fingerprint density at radius 2 is 2.55 bits per heavy atom. The Morgan fingerprint density at radius 1 is 1.82 bits per heavy atom. The van der Waals surface area contributed by atoms with Crippen LogP contribution in [0.1, 0.15) is 24.5 Å². The molecule has 0 saturated heterocycles. The van der Waals surface area contributed by atoms with E-state index in [1.54, 1.807) is 6.20 Å². The van der Waals surface area contributed by atoms with Crippen LogP contribution in [-0.2, 0) is 6.42 Å². The van der Waals surface area contributed by atoms with Gasteiger partial charge in [-0.2, -0.15) is 0 Å². The van der Waals surface area contributed by atoms with Gasteiger partial charge in [0.2, 0.25) is 0 Å². The molecule has 0 fully saturated rings. The van der Waals surface area contributed by atoms with Crippen LogP contribution >= 0.6 is 0 Å². The summed E-state index contributed by atoms with van der Waals surface area (Å²) < 4.78 is 0. The zero-order valence-electron chi connectivity index (χ0n) is 6.54. The lowest BCUT2D eigenvalue weighted by molar-refractivity contribution is 0.264. The van der Waals surface area contributed by atoms with E-state index in [1.807, 2.05) is 6.92 Å². The molecule has 0 aliphatic rings. The highest BCUT2D eigenvalue weighted by atomic mass is 16.3. The van der Waals surface area contributed by atoms with Gasteiger partial charge in [-0.25, -0.2) is 4.98 Å². The Kier molecular flexibility index (Phi) is 2.62. The fraction of sp³-hybridized carbons (Fsp3) is 0.571. The molecule has 0 saturated carbocycles. The molecule has 0 aliphatic heterocycles. The molecule has 11 heavy (non-hydrogen) atoms. The topological polar surface area (TPSA) is 74.9 Å². The van der Waals surface area contributed by atoms with Gasteiger partial charge in [0.1, 0.15) is 5.82 Å². The molecule has 1 aromatic rings. The molecule has 0 aliphatic carbocycles. The number of nitrogens with zero attached hydrogens (tertiary/aromatic N) is 1. The van der Waals surface area contributed by atoms with E-state index in [9.17, 15) is 0 Å². The van der Waals surface area contributed by atoms with Crippen molar-refractivity contribution in [3.8, 4) is 0 Å². The zero-order chi connectivity index (χ0) is 8.27. The third kappa shape index (κ3) is 1.78. The maximum atomic E-state index is 8.69. The van der Waals surface area contributed by atoms with Gasteiger partial charge in [-0.1, -0.05) is 6.92 Å². The first-order valence-electron chi connectivity index (χ1n) is 3.68. The summed E-state index contributed by atoms with van der Waals surface area (Å²) in [6.45, 7) is 1.96. The summed E-state index contributed by atoms with van der Waals surface area (Å²) in [6.07, 6.45) is 2.65. The highest BCUT2D eigenvalue weighted by Gasteiger charge is 2.07. The Labute approximate surface area is 65.5 Å². The van der Waals surface area contributed by atoms with Crippen molar-refractivity contribution in [3.05, 3.63) is 17.7 Å². The van der Waals surface area contributed by atoms with Crippen LogP contribution in [0.5, 0.6) is 0 Å². The normalized spacial score (nSPS) is 13.4. The number of aryl methyl sites for hydroxylation is 1. The van der Waals surface area contributed by atoms with Crippen LogP contribution in [0.3, 0.4) is 0 Å². The van der Waals surface area contributed by atoms with Gasteiger partial charge in [-0.3, -0.25) is 0 Å². The third-order valence-electron chi connectivity index (χ3n) is 1.58. The summed E-state index contributed by atoms with van der Waals surface area (Å²) in [5.74, 6) is 0.657. The summed E-state index contributed by atoms with van der Waals surface area (Å²) in [5, 5.41) is 8.69. The number of imidazole rings is 1. The average Bonchev–Trinajstić information content (AvgIpc) is 2.50. The van der Waals surface area contributed by atoms with Crippen LogP contribution in [0.4, 0.5) is 0 Å². The van der Waals surface area contributed by atoms with Gasteiger partial charge in [-0.05, 0) is 6.42 Å². The SMILES string of the molecule is CCc1cnc(C(N)CO)[nH]1. The zero-order valence-corrected chi connectivity index (χ0v) is 6.54. The molecule has 0 amide bonds. The van der Waals surface area contributed by atoms with Crippen LogP contribution in [0.25, 0.3) is 0 Å². The molecule has 1 atom stereocenters. The van der Waals surface area contributed by atoms with E-state index in [4.69, 9.17) is 10.8 Å². The predicted octanol–water partition coefficient (Wildman–Crippen LogP) is -0.0358. The van der Waals surface area contributed by atoms with Crippen molar-refractivity contribution in [1.29, 1.82) is 0 Å². The molecule has 1 aromatic heterocycles. The Balaban J connectivity index is 2.71. The van der Waals surface area contributed by atoms with Gasteiger partial charge in [0.15, 0.2) is 0 Å². The Morgan fingerprint density at radius 3 is 3.00 bits per heavy atom. The average molecular weight is 155 g/mol. The lowest BCUT2D eigenvalue weighted by Gasteiger charge is -2.02. The first-order valence-corrected chi connectivity index (χ1v) is 3.68. The predicted molar refractivity (Wildman–Crippen MR) is 42.0 cm³/mol. The van der Waals surface area contributed by atoms with E-state index >= 15 is 0 Å². The molecule has 4 N–H and O–H groups in total. The van der Waals surface area contributed by atoms with Crippen molar-refractivity contribution in [1.82, 2.24) is 9.97 Å². The van der Waals surface area contributed by atoms with Crippen LogP contribution in [-0.4, -0.2) is 21.7 Å². The number of aliphatic hydroxyl groups is 1. The standard InChI is InChI=1S/C7H13N3O/c1-2-5-3-9-7(10-5)6(8)4-11/h3,6,11H,2,4,8H2,1H3,(H,9,10). The highest BCUT2D eigenvalue weighted by molar-refractivity contribution is 5.03. The van der Waals surface area contributed by atoms with Crippen molar-refractivity contribution >= 4 is 0 Å². The van der Waals surface area contributed by atoms with Gasteiger partial charge >= 0.3 is 0 Å². The maximum Gasteiger partial charge on any atom is 0.125 e. The molecule has 4 nitrogen and oxygen atoms in total. The van der Waals surface area contributed by atoms with Crippen molar-refractivity contribution in [2.75, 3.05) is 6.61 Å². The van der Waals surface area contributed by atoms with Crippen LogP contribution in [0, 0.1) is 0 Å². The van der Waals surface area contributed by atoms with E-state index in [2.05, 4.69) is 9.97 Å². The molecule has 0 radical (unpaired) electrons. The fourth-order valence-electron chi connectivity index (χ4n) is 0.831. The summed E-state index contributed by atoms with van der Waals surface area (Å²) in [4.78, 5) is 7.03. The molecule has 1 heterocycles. The molecule has 0 spiro atoms. The van der Waals surface area contributed by atoms with Crippen LogP contribution in [0.15, 0.2) is 6.20 Å². The minimum absolute atomic E-state index is 0.0728. The molecule has 0 aromatic carbocycles. The molecule has 0 bridgehead atoms. The monoisotopic (exact) mass is 155 g/mol. The largest absolute Gasteiger partial charge is 0.394 e. The minimum atomic E-state index is -0.379. The fourth-order valence-corrected chi connectivity index (χ4v) is 0.831. The van der Waals surface area contributed by atoms with Gasteiger partial charge in [0, 0.05) is 11.9 Å². The lowest BCUT2D eigenvalue weighted by Crippen LogP contribution is -2.15. The summed E-state index contributed by atoms with van der Waals surface area (Å²) in [6, 6.07) is -0.379. The minimum Gasteiger partial charge on any atom is -0.394 e. The van der Waals surface area contributed by atoms with Crippen LogP contribution < -0.4 is 5.73 Å². The highest BCUT2D eigenvalue weighted by Crippen LogP contribution is 2.04. The van der Waals surface area contributed by atoms with Crippen molar-refractivity contribution in [2.45, 2.75) is 19.4 Å². The molecule has 62 valence electrons. The second-order valence-corrected chi connectivity index (χ2v) is 2.44.